The number of hydrogen-bond acceptors (Lipinski definition) is 5. The molecule has 0 aliphatic carbocycles. The van der Waals surface area contributed by atoms with E-state index in [-0.39, 0.29) is 18.3 Å². The van der Waals surface area contributed by atoms with E-state index in [0.717, 1.165) is 24.9 Å². The molecule has 0 unspecified atom stereocenters. The van der Waals surface area contributed by atoms with Gasteiger partial charge in [0.1, 0.15) is 5.75 Å². The molecule has 6 heteroatoms. The average molecular weight is 266 g/mol. The maximum absolute atomic E-state index is 10.9. The van der Waals surface area contributed by atoms with Crippen molar-refractivity contribution in [2.45, 2.75) is 25.4 Å². The minimum Gasteiger partial charge on any atom is -0.496 e. The first-order valence-corrected chi connectivity index (χ1v) is 6.31. The van der Waals surface area contributed by atoms with Crippen molar-refractivity contribution < 1.29 is 14.8 Å². The van der Waals surface area contributed by atoms with Gasteiger partial charge in [0.2, 0.25) is 0 Å². The molecule has 2 rings (SSSR count). The first-order chi connectivity index (χ1) is 9.13. The minimum absolute atomic E-state index is 0.0362. The molecule has 0 spiro atoms. The highest BCUT2D eigenvalue weighted by molar-refractivity contribution is 5.42. The van der Waals surface area contributed by atoms with E-state index in [2.05, 4.69) is 4.90 Å². The Kier molecular flexibility index (Phi) is 4.34. The molecule has 1 aliphatic rings. The Morgan fingerprint density at radius 2 is 2.32 bits per heavy atom. The molecule has 1 aliphatic heterocycles. The molecule has 104 valence electrons. The second kappa shape index (κ2) is 5.99. The van der Waals surface area contributed by atoms with Crippen LogP contribution in [0.15, 0.2) is 18.2 Å². The second-order valence-electron chi connectivity index (χ2n) is 4.75. The van der Waals surface area contributed by atoms with Crippen molar-refractivity contribution in [1.29, 1.82) is 0 Å². The average Bonchev–Trinajstić information content (AvgIpc) is 2.85. The smallest absolute Gasteiger partial charge is 0.273 e. The number of non-ortho nitro benzene ring substituents is 1. The van der Waals surface area contributed by atoms with E-state index in [1.807, 2.05) is 0 Å². The number of nitro benzene ring substituents is 1. The van der Waals surface area contributed by atoms with Gasteiger partial charge in [-0.15, -0.1) is 0 Å². The van der Waals surface area contributed by atoms with Gasteiger partial charge >= 0.3 is 0 Å². The summed E-state index contributed by atoms with van der Waals surface area (Å²) in [4.78, 5) is 12.6. The Labute approximate surface area is 111 Å². The molecular formula is C13H18N2O4. The summed E-state index contributed by atoms with van der Waals surface area (Å²) >= 11 is 0. The van der Waals surface area contributed by atoms with Crippen LogP contribution in [-0.2, 0) is 6.54 Å². The topological polar surface area (TPSA) is 75.8 Å². The van der Waals surface area contributed by atoms with Gasteiger partial charge in [-0.1, -0.05) is 0 Å². The fourth-order valence-electron chi connectivity index (χ4n) is 2.50. The van der Waals surface area contributed by atoms with Crippen LogP contribution in [0.2, 0.25) is 0 Å². The summed E-state index contributed by atoms with van der Waals surface area (Å²) in [5, 5.41) is 20.2. The zero-order valence-corrected chi connectivity index (χ0v) is 10.9. The predicted molar refractivity (Wildman–Crippen MR) is 70.2 cm³/mol. The van der Waals surface area contributed by atoms with Gasteiger partial charge in [0, 0.05) is 18.7 Å². The number of ether oxygens (including phenoxy) is 1. The zero-order chi connectivity index (χ0) is 13.8. The summed E-state index contributed by atoms with van der Waals surface area (Å²) in [5.74, 6) is 0.490. The van der Waals surface area contributed by atoms with Crippen LogP contribution in [0.1, 0.15) is 18.4 Å². The fourth-order valence-corrected chi connectivity index (χ4v) is 2.50. The van der Waals surface area contributed by atoms with Gasteiger partial charge in [-0.05, 0) is 31.0 Å². The molecule has 0 radical (unpaired) electrons. The summed E-state index contributed by atoms with van der Waals surface area (Å²) in [5.41, 5.74) is 0.875. The van der Waals surface area contributed by atoms with E-state index >= 15 is 0 Å². The van der Waals surface area contributed by atoms with E-state index in [1.54, 1.807) is 12.1 Å². The zero-order valence-electron chi connectivity index (χ0n) is 10.9. The van der Waals surface area contributed by atoms with Gasteiger partial charge in [-0.3, -0.25) is 15.0 Å². The van der Waals surface area contributed by atoms with E-state index in [9.17, 15) is 15.2 Å². The number of likely N-dealkylation sites (tertiary alicyclic amines) is 1. The normalized spacial score (nSPS) is 19.6. The lowest BCUT2D eigenvalue weighted by atomic mass is 10.1. The maximum Gasteiger partial charge on any atom is 0.273 e. The first-order valence-electron chi connectivity index (χ1n) is 6.31. The Morgan fingerprint density at radius 3 is 2.95 bits per heavy atom. The van der Waals surface area contributed by atoms with Crippen LogP contribution in [-0.4, -0.2) is 41.2 Å². The van der Waals surface area contributed by atoms with Crippen LogP contribution in [0.4, 0.5) is 5.69 Å². The number of methoxy groups -OCH3 is 1. The van der Waals surface area contributed by atoms with Crippen molar-refractivity contribution >= 4 is 5.69 Å². The number of aliphatic hydroxyl groups excluding tert-OH is 1. The summed E-state index contributed by atoms with van der Waals surface area (Å²) in [6.07, 6.45) is 2.03. The summed E-state index contributed by atoms with van der Waals surface area (Å²) < 4.78 is 5.09. The lowest BCUT2D eigenvalue weighted by Gasteiger charge is -2.22. The molecule has 1 saturated heterocycles. The van der Waals surface area contributed by atoms with E-state index in [1.165, 1.54) is 13.2 Å². The number of rotatable bonds is 5. The van der Waals surface area contributed by atoms with Crippen LogP contribution in [0, 0.1) is 10.1 Å². The van der Waals surface area contributed by atoms with Crippen LogP contribution < -0.4 is 4.74 Å². The van der Waals surface area contributed by atoms with Crippen molar-refractivity contribution in [2.24, 2.45) is 0 Å². The number of aliphatic hydroxyl groups is 1. The van der Waals surface area contributed by atoms with Crippen molar-refractivity contribution in [3.8, 4) is 5.75 Å². The van der Waals surface area contributed by atoms with Crippen LogP contribution in [0.25, 0.3) is 0 Å². The Hall–Kier alpha value is -1.66. The third kappa shape index (κ3) is 3.21. The first kappa shape index (κ1) is 13.8. The SMILES string of the molecule is COc1cc(CN2CCC[C@@H]2CO)cc([N+](=O)[O-])c1. The van der Waals surface area contributed by atoms with Gasteiger partial charge in [0.05, 0.1) is 24.7 Å². The molecule has 6 nitrogen and oxygen atoms in total. The van der Waals surface area contributed by atoms with Gasteiger partial charge < -0.3 is 9.84 Å². The van der Waals surface area contributed by atoms with Crippen molar-refractivity contribution in [2.75, 3.05) is 20.3 Å². The molecular weight excluding hydrogens is 248 g/mol. The standard InChI is InChI=1S/C13H18N2O4/c1-19-13-6-10(5-12(7-13)15(17)18)8-14-4-2-3-11(14)9-16/h5-7,11,16H,2-4,8-9H2,1H3/t11-/m1/s1. The molecule has 1 atom stereocenters. The van der Waals surface area contributed by atoms with Gasteiger partial charge in [-0.25, -0.2) is 0 Å². The minimum atomic E-state index is -0.417. The van der Waals surface area contributed by atoms with Gasteiger partial charge in [-0.2, -0.15) is 0 Å². The predicted octanol–water partition coefficient (Wildman–Crippen LogP) is 1.56. The van der Waals surface area contributed by atoms with Gasteiger partial charge in [0.15, 0.2) is 0 Å². The lowest BCUT2D eigenvalue weighted by Crippen LogP contribution is -2.31. The molecule has 0 bridgehead atoms. The maximum atomic E-state index is 10.9. The third-order valence-corrected chi connectivity index (χ3v) is 3.49. The van der Waals surface area contributed by atoms with E-state index < -0.39 is 4.92 Å². The van der Waals surface area contributed by atoms with Crippen LogP contribution in [0.5, 0.6) is 5.75 Å². The van der Waals surface area contributed by atoms with Crippen molar-refractivity contribution in [3.63, 3.8) is 0 Å². The highest BCUT2D eigenvalue weighted by Crippen LogP contribution is 2.26. The summed E-state index contributed by atoms with van der Waals surface area (Å²) in [6, 6.07) is 4.94. The summed E-state index contributed by atoms with van der Waals surface area (Å²) in [7, 11) is 1.50. The van der Waals surface area contributed by atoms with E-state index in [4.69, 9.17) is 4.74 Å². The third-order valence-electron chi connectivity index (χ3n) is 3.49. The fraction of sp³-hybridized carbons (Fsp3) is 0.538. The molecule has 1 N–H and O–H groups in total. The molecule has 1 aromatic rings. The Morgan fingerprint density at radius 1 is 1.53 bits per heavy atom. The number of nitro groups is 1. The number of nitrogens with zero attached hydrogens (tertiary/aromatic N) is 2. The van der Waals surface area contributed by atoms with E-state index in [0.29, 0.717) is 12.3 Å². The largest absolute Gasteiger partial charge is 0.496 e. The molecule has 0 aromatic heterocycles. The second-order valence-corrected chi connectivity index (χ2v) is 4.75. The Balaban J connectivity index is 2.19. The molecule has 1 aromatic carbocycles. The quantitative estimate of drug-likeness (QED) is 0.646. The van der Waals surface area contributed by atoms with Gasteiger partial charge in [0.25, 0.3) is 5.69 Å². The van der Waals surface area contributed by atoms with Crippen LogP contribution in [0.3, 0.4) is 0 Å². The van der Waals surface area contributed by atoms with Crippen LogP contribution >= 0.6 is 0 Å². The summed E-state index contributed by atoms with van der Waals surface area (Å²) in [6.45, 7) is 1.64. The van der Waals surface area contributed by atoms with Crippen molar-refractivity contribution in [3.05, 3.63) is 33.9 Å². The molecule has 0 amide bonds. The highest BCUT2D eigenvalue weighted by Gasteiger charge is 2.24. The molecule has 0 saturated carbocycles. The molecule has 1 fully saturated rings. The lowest BCUT2D eigenvalue weighted by molar-refractivity contribution is -0.385. The highest BCUT2D eigenvalue weighted by atomic mass is 16.6. The number of hydrogen-bond donors (Lipinski definition) is 1. The monoisotopic (exact) mass is 266 g/mol. The number of benzene rings is 1. The Bertz CT molecular complexity index is 464. The molecule has 1 heterocycles. The van der Waals surface area contributed by atoms with Crippen molar-refractivity contribution in [1.82, 2.24) is 4.90 Å². The molecule has 19 heavy (non-hydrogen) atoms.